The zero-order valence-corrected chi connectivity index (χ0v) is 13.6. The molecule has 8 heteroatoms. The molecular formula is C16H19FN6O. The molecule has 3 heterocycles. The van der Waals surface area contributed by atoms with Crippen molar-refractivity contribution in [2.75, 3.05) is 18.5 Å². The van der Waals surface area contributed by atoms with E-state index in [0.29, 0.717) is 19.2 Å². The summed E-state index contributed by atoms with van der Waals surface area (Å²) in [5.41, 5.74) is 1.50. The van der Waals surface area contributed by atoms with Crippen molar-refractivity contribution in [1.29, 1.82) is 0 Å². The number of aromatic amines is 1. The van der Waals surface area contributed by atoms with Crippen molar-refractivity contribution in [2.45, 2.75) is 25.3 Å². The van der Waals surface area contributed by atoms with Gasteiger partial charge in [0.25, 0.3) is 0 Å². The Morgan fingerprint density at radius 3 is 3.04 bits per heavy atom. The highest BCUT2D eigenvalue weighted by atomic mass is 19.1. The van der Waals surface area contributed by atoms with E-state index in [2.05, 4.69) is 25.5 Å². The van der Waals surface area contributed by atoms with Gasteiger partial charge < -0.3 is 14.6 Å². The zero-order chi connectivity index (χ0) is 16.7. The molecule has 0 aliphatic carbocycles. The van der Waals surface area contributed by atoms with Crippen molar-refractivity contribution in [3.8, 4) is 0 Å². The third-order valence-electron chi connectivity index (χ3n) is 4.45. The Morgan fingerprint density at radius 2 is 2.25 bits per heavy atom. The van der Waals surface area contributed by atoms with E-state index in [1.807, 2.05) is 18.5 Å². The molecule has 2 atom stereocenters. The number of H-pyrrole nitrogens is 1. The second-order valence-corrected chi connectivity index (χ2v) is 6.02. The van der Waals surface area contributed by atoms with Crippen LogP contribution in [0.4, 0.5) is 10.3 Å². The summed E-state index contributed by atoms with van der Waals surface area (Å²) in [5.74, 6) is 2.09. The molecule has 2 N–H and O–H groups in total. The molecule has 0 saturated carbocycles. The van der Waals surface area contributed by atoms with Crippen LogP contribution in [0.2, 0.25) is 0 Å². The lowest BCUT2D eigenvalue weighted by Gasteiger charge is -2.17. The van der Waals surface area contributed by atoms with Crippen LogP contribution in [0.3, 0.4) is 0 Å². The monoisotopic (exact) mass is 330 g/mol. The highest BCUT2D eigenvalue weighted by molar-refractivity contribution is 5.78. The van der Waals surface area contributed by atoms with Crippen molar-refractivity contribution in [3.05, 3.63) is 35.7 Å². The van der Waals surface area contributed by atoms with Gasteiger partial charge in [0.15, 0.2) is 5.82 Å². The van der Waals surface area contributed by atoms with Crippen LogP contribution >= 0.6 is 0 Å². The van der Waals surface area contributed by atoms with Crippen molar-refractivity contribution in [2.24, 2.45) is 7.05 Å². The number of imidazole rings is 1. The van der Waals surface area contributed by atoms with Crippen LogP contribution in [0.5, 0.6) is 0 Å². The standard InChI is InChI=1S/C16H19FN6O/c1-3-14-20-15(22-21-14)10-7-24-8-12(10)19-16-18-11-5-4-9(17)6-13(11)23(16)2/h4-6,10,12H,3,7-8H2,1-2H3,(H,18,19)(H,20,21,22)/t10-,12+/m1/s1. The quantitative estimate of drug-likeness (QED) is 0.765. The molecule has 1 aliphatic heterocycles. The number of rotatable bonds is 4. The number of nitrogens with one attached hydrogen (secondary N) is 2. The Hall–Kier alpha value is -2.48. The summed E-state index contributed by atoms with van der Waals surface area (Å²) < 4.78 is 20.9. The maximum Gasteiger partial charge on any atom is 0.203 e. The van der Waals surface area contributed by atoms with Gasteiger partial charge in [-0.05, 0) is 18.2 Å². The lowest BCUT2D eigenvalue weighted by atomic mass is 10.0. The number of anilines is 1. The zero-order valence-electron chi connectivity index (χ0n) is 13.6. The van der Waals surface area contributed by atoms with Crippen LogP contribution in [-0.4, -0.2) is 44.0 Å². The third kappa shape index (κ3) is 2.52. The van der Waals surface area contributed by atoms with E-state index < -0.39 is 0 Å². The summed E-state index contributed by atoms with van der Waals surface area (Å²) in [4.78, 5) is 9.06. The predicted octanol–water partition coefficient (Wildman–Crippen LogP) is 1.99. The van der Waals surface area contributed by atoms with Gasteiger partial charge in [-0.3, -0.25) is 5.10 Å². The van der Waals surface area contributed by atoms with Gasteiger partial charge in [-0.25, -0.2) is 14.4 Å². The second-order valence-electron chi connectivity index (χ2n) is 6.02. The predicted molar refractivity (Wildman–Crippen MR) is 87.4 cm³/mol. The van der Waals surface area contributed by atoms with Gasteiger partial charge in [-0.15, -0.1) is 0 Å². The molecule has 1 aromatic carbocycles. The molecule has 7 nitrogen and oxygen atoms in total. The number of ether oxygens (including phenoxy) is 1. The van der Waals surface area contributed by atoms with Gasteiger partial charge in [0.05, 0.1) is 36.2 Å². The van der Waals surface area contributed by atoms with Crippen molar-refractivity contribution in [3.63, 3.8) is 0 Å². The highest BCUT2D eigenvalue weighted by Gasteiger charge is 2.33. The average Bonchev–Trinajstić information content (AvgIpc) is 3.28. The number of hydrogen-bond donors (Lipinski definition) is 2. The first kappa shape index (κ1) is 15.1. The van der Waals surface area contributed by atoms with Crippen LogP contribution in [0.15, 0.2) is 18.2 Å². The van der Waals surface area contributed by atoms with Gasteiger partial charge in [-0.2, -0.15) is 5.10 Å². The average molecular weight is 330 g/mol. The van der Waals surface area contributed by atoms with Crippen molar-refractivity contribution in [1.82, 2.24) is 24.7 Å². The molecule has 3 aromatic rings. The normalized spacial score (nSPS) is 20.8. The maximum absolute atomic E-state index is 13.4. The van der Waals surface area contributed by atoms with Crippen LogP contribution in [0.25, 0.3) is 11.0 Å². The fourth-order valence-electron chi connectivity index (χ4n) is 3.04. The number of aromatic nitrogens is 5. The van der Waals surface area contributed by atoms with Gasteiger partial charge in [0, 0.05) is 13.5 Å². The van der Waals surface area contributed by atoms with Gasteiger partial charge >= 0.3 is 0 Å². The highest BCUT2D eigenvalue weighted by Crippen LogP contribution is 2.27. The summed E-state index contributed by atoms with van der Waals surface area (Å²) in [6.45, 7) is 3.15. The van der Waals surface area contributed by atoms with Crippen molar-refractivity contribution < 1.29 is 9.13 Å². The SMILES string of the molecule is CCc1nc([C@@H]2COC[C@@H]2Nc2nc3ccc(F)cc3n2C)n[nH]1. The number of fused-ring (bicyclic) bond motifs is 1. The smallest absolute Gasteiger partial charge is 0.203 e. The summed E-state index contributed by atoms with van der Waals surface area (Å²) in [7, 11) is 1.86. The van der Waals surface area contributed by atoms with E-state index in [9.17, 15) is 4.39 Å². The molecule has 0 radical (unpaired) electrons. The molecule has 0 amide bonds. The van der Waals surface area contributed by atoms with Gasteiger partial charge in [0.2, 0.25) is 5.95 Å². The molecule has 126 valence electrons. The number of aryl methyl sites for hydroxylation is 2. The van der Waals surface area contributed by atoms with E-state index in [4.69, 9.17) is 4.74 Å². The summed E-state index contributed by atoms with van der Waals surface area (Å²) in [5, 5.41) is 10.7. The Morgan fingerprint density at radius 1 is 1.38 bits per heavy atom. The van der Waals surface area contributed by atoms with Crippen LogP contribution in [0, 0.1) is 5.82 Å². The molecule has 24 heavy (non-hydrogen) atoms. The molecule has 1 fully saturated rings. The number of halogens is 1. The van der Waals surface area contributed by atoms with Gasteiger partial charge in [0.1, 0.15) is 11.6 Å². The molecule has 0 spiro atoms. The van der Waals surface area contributed by atoms with Crippen LogP contribution in [0.1, 0.15) is 24.5 Å². The van der Waals surface area contributed by atoms with E-state index in [1.165, 1.54) is 12.1 Å². The van der Waals surface area contributed by atoms with Crippen LogP contribution < -0.4 is 5.32 Å². The minimum atomic E-state index is -0.271. The first-order valence-corrected chi connectivity index (χ1v) is 8.03. The summed E-state index contributed by atoms with van der Waals surface area (Å²) >= 11 is 0. The molecule has 0 bridgehead atoms. The van der Waals surface area contributed by atoms with Gasteiger partial charge in [-0.1, -0.05) is 6.92 Å². The Bertz CT molecular complexity index is 873. The molecule has 1 saturated heterocycles. The van der Waals surface area contributed by atoms with E-state index in [-0.39, 0.29) is 17.8 Å². The topological polar surface area (TPSA) is 80.7 Å². The lowest BCUT2D eigenvalue weighted by Crippen LogP contribution is -2.28. The Labute approximate surface area is 138 Å². The van der Waals surface area contributed by atoms with E-state index in [1.54, 1.807) is 6.07 Å². The summed E-state index contributed by atoms with van der Waals surface area (Å²) in [6, 6.07) is 4.60. The minimum absolute atomic E-state index is 0.0193. The summed E-state index contributed by atoms with van der Waals surface area (Å²) in [6.07, 6.45) is 0.814. The Kier molecular flexibility index (Phi) is 3.68. The first-order valence-electron chi connectivity index (χ1n) is 8.03. The minimum Gasteiger partial charge on any atom is -0.378 e. The number of hydrogen-bond acceptors (Lipinski definition) is 5. The van der Waals surface area contributed by atoms with E-state index in [0.717, 1.165) is 29.1 Å². The second kappa shape index (κ2) is 5.86. The third-order valence-corrected chi connectivity index (χ3v) is 4.45. The van der Waals surface area contributed by atoms with E-state index >= 15 is 0 Å². The molecule has 4 rings (SSSR count). The Balaban J connectivity index is 1.61. The molecule has 0 unspecified atom stereocenters. The van der Waals surface area contributed by atoms with Crippen LogP contribution in [-0.2, 0) is 18.2 Å². The number of nitrogens with zero attached hydrogens (tertiary/aromatic N) is 4. The molecular weight excluding hydrogens is 311 g/mol. The largest absolute Gasteiger partial charge is 0.378 e. The van der Waals surface area contributed by atoms with Crippen molar-refractivity contribution >= 4 is 17.0 Å². The number of benzene rings is 1. The fourth-order valence-corrected chi connectivity index (χ4v) is 3.04. The lowest BCUT2D eigenvalue weighted by molar-refractivity contribution is 0.191. The molecule has 2 aromatic heterocycles. The fraction of sp³-hybridized carbons (Fsp3) is 0.438. The maximum atomic E-state index is 13.4. The first-order chi connectivity index (χ1) is 11.7. The molecule has 1 aliphatic rings.